The molecule has 3 aromatic rings. The van der Waals surface area contributed by atoms with Crippen molar-refractivity contribution in [2.45, 2.75) is 0 Å². The number of rotatable bonds is 4. The van der Waals surface area contributed by atoms with E-state index in [4.69, 9.17) is 25.8 Å². The SMILES string of the molecule is O=C(COC(=O)c1sc2cc(F)ccc2c1Cl)NC(=O)Nc1ccc2c(c1)OCCO2. The number of hydrogen-bond acceptors (Lipinski definition) is 7. The molecule has 0 bridgehead atoms. The fourth-order valence-electron chi connectivity index (χ4n) is 2.81. The fourth-order valence-corrected chi connectivity index (χ4v) is 4.24. The number of nitrogens with one attached hydrogen (secondary N) is 2. The molecule has 8 nitrogen and oxygen atoms in total. The number of ether oxygens (including phenoxy) is 3. The minimum absolute atomic E-state index is 0.0378. The Labute approximate surface area is 183 Å². The van der Waals surface area contributed by atoms with Gasteiger partial charge in [0.15, 0.2) is 18.1 Å². The molecule has 0 aliphatic carbocycles. The number of fused-ring (bicyclic) bond motifs is 2. The number of urea groups is 1. The lowest BCUT2D eigenvalue weighted by molar-refractivity contribution is -0.123. The van der Waals surface area contributed by atoms with Crippen molar-refractivity contribution in [1.82, 2.24) is 5.32 Å². The molecule has 2 heterocycles. The fraction of sp³-hybridized carbons (Fsp3) is 0.150. The van der Waals surface area contributed by atoms with E-state index < -0.39 is 30.3 Å². The molecule has 3 amide bonds. The summed E-state index contributed by atoms with van der Waals surface area (Å²) < 4.78 is 29.5. The van der Waals surface area contributed by atoms with Gasteiger partial charge in [0.2, 0.25) is 0 Å². The lowest BCUT2D eigenvalue weighted by Crippen LogP contribution is -2.37. The number of carbonyl (C=O) groups is 3. The quantitative estimate of drug-likeness (QED) is 0.566. The highest BCUT2D eigenvalue weighted by atomic mass is 35.5. The predicted octanol–water partition coefficient (Wildman–Crippen LogP) is 3.97. The standard InChI is InChI=1S/C20H14ClFN2O6S/c21-17-12-3-1-10(22)7-15(12)31-18(17)19(26)30-9-16(25)24-20(27)23-11-2-4-13-14(8-11)29-6-5-28-13/h1-4,7-8H,5-6,9H2,(H2,23,24,25,27). The molecule has 0 saturated heterocycles. The van der Waals surface area contributed by atoms with E-state index in [1.807, 2.05) is 5.32 Å². The van der Waals surface area contributed by atoms with E-state index in [0.717, 1.165) is 11.3 Å². The Kier molecular flexibility index (Phi) is 5.92. The van der Waals surface area contributed by atoms with Crippen LogP contribution in [-0.4, -0.2) is 37.7 Å². The van der Waals surface area contributed by atoms with E-state index in [0.29, 0.717) is 40.5 Å². The van der Waals surface area contributed by atoms with Gasteiger partial charge in [0.25, 0.3) is 5.91 Å². The zero-order valence-electron chi connectivity index (χ0n) is 15.7. The summed E-state index contributed by atoms with van der Waals surface area (Å²) in [5, 5.41) is 5.14. The predicted molar refractivity (Wildman–Crippen MR) is 112 cm³/mol. The third kappa shape index (κ3) is 4.70. The Bertz CT molecular complexity index is 1200. The number of thiophene rings is 1. The van der Waals surface area contributed by atoms with Gasteiger partial charge in [-0.15, -0.1) is 11.3 Å². The summed E-state index contributed by atoms with van der Waals surface area (Å²) in [6, 6.07) is 7.90. The second kappa shape index (κ2) is 8.78. The normalized spacial score (nSPS) is 12.3. The molecule has 1 aromatic heterocycles. The Morgan fingerprint density at radius 3 is 2.68 bits per heavy atom. The Morgan fingerprint density at radius 2 is 1.87 bits per heavy atom. The van der Waals surface area contributed by atoms with Gasteiger partial charge in [0, 0.05) is 21.8 Å². The lowest BCUT2D eigenvalue weighted by Gasteiger charge is -2.19. The van der Waals surface area contributed by atoms with Crippen LogP contribution in [0.5, 0.6) is 11.5 Å². The summed E-state index contributed by atoms with van der Waals surface area (Å²) in [6.45, 7) is 0.134. The summed E-state index contributed by atoms with van der Waals surface area (Å²) in [7, 11) is 0. The molecular formula is C20H14ClFN2O6S. The molecule has 11 heteroatoms. The van der Waals surface area contributed by atoms with Gasteiger partial charge < -0.3 is 19.5 Å². The average Bonchev–Trinajstić information content (AvgIpc) is 3.07. The minimum atomic E-state index is -0.853. The van der Waals surface area contributed by atoms with Crippen LogP contribution < -0.4 is 20.1 Å². The van der Waals surface area contributed by atoms with E-state index in [2.05, 4.69) is 5.32 Å². The number of hydrogen-bond donors (Lipinski definition) is 2. The molecule has 0 saturated carbocycles. The molecule has 31 heavy (non-hydrogen) atoms. The van der Waals surface area contributed by atoms with Gasteiger partial charge in [-0.05, 0) is 30.3 Å². The molecule has 0 unspecified atom stereocenters. The molecule has 4 rings (SSSR count). The van der Waals surface area contributed by atoms with Gasteiger partial charge >= 0.3 is 12.0 Å². The van der Waals surface area contributed by atoms with Gasteiger partial charge in [-0.2, -0.15) is 0 Å². The van der Waals surface area contributed by atoms with Crippen LogP contribution in [0.25, 0.3) is 10.1 Å². The number of carbonyl (C=O) groups excluding carboxylic acids is 3. The van der Waals surface area contributed by atoms with Gasteiger partial charge in [-0.25, -0.2) is 14.0 Å². The molecule has 1 aliphatic heterocycles. The summed E-state index contributed by atoms with van der Waals surface area (Å²) >= 11 is 7.09. The van der Waals surface area contributed by atoms with Crippen molar-refractivity contribution in [3.8, 4) is 11.5 Å². The largest absolute Gasteiger partial charge is 0.486 e. The van der Waals surface area contributed by atoms with Crippen molar-refractivity contribution in [2.75, 3.05) is 25.1 Å². The highest BCUT2D eigenvalue weighted by Gasteiger charge is 2.20. The van der Waals surface area contributed by atoms with Crippen molar-refractivity contribution < 1.29 is 33.0 Å². The van der Waals surface area contributed by atoms with E-state index in [9.17, 15) is 18.8 Å². The summed E-state index contributed by atoms with van der Waals surface area (Å²) in [4.78, 5) is 36.2. The van der Waals surface area contributed by atoms with Crippen LogP contribution in [0.4, 0.5) is 14.9 Å². The molecule has 0 spiro atoms. The van der Waals surface area contributed by atoms with E-state index >= 15 is 0 Å². The van der Waals surface area contributed by atoms with Crippen LogP contribution >= 0.6 is 22.9 Å². The Hall–Kier alpha value is -3.37. The molecule has 160 valence electrons. The van der Waals surface area contributed by atoms with Crippen molar-refractivity contribution in [2.24, 2.45) is 0 Å². The second-order valence-electron chi connectivity index (χ2n) is 6.32. The third-order valence-corrected chi connectivity index (χ3v) is 5.80. The van der Waals surface area contributed by atoms with Crippen molar-refractivity contribution >= 4 is 56.6 Å². The molecule has 0 atom stereocenters. The van der Waals surface area contributed by atoms with Gasteiger partial charge in [-0.1, -0.05) is 11.6 Å². The monoisotopic (exact) mass is 464 g/mol. The molecule has 1 aliphatic rings. The zero-order chi connectivity index (χ0) is 22.0. The first-order chi connectivity index (χ1) is 14.9. The topological polar surface area (TPSA) is 103 Å². The zero-order valence-corrected chi connectivity index (χ0v) is 17.3. The Balaban J connectivity index is 1.31. The van der Waals surface area contributed by atoms with Gasteiger partial charge in [-0.3, -0.25) is 10.1 Å². The van der Waals surface area contributed by atoms with Crippen LogP contribution in [0.15, 0.2) is 36.4 Å². The van der Waals surface area contributed by atoms with Gasteiger partial charge in [0.1, 0.15) is 23.9 Å². The molecule has 2 aromatic carbocycles. The first-order valence-corrected chi connectivity index (χ1v) is 10.2. The third-order valence-electron chi connectivity index (χ3n) is 4.16. The minimum Gasteiger partial charge on any atom is -0.486 e. The first-order valence-electron chi connectivity index (χ1n) is 8.96. The second-order valence-corrected chi connectivity index (χ2v) is 7.75. The number of imide groups is 1. The summed E-state index contributed by atoms with van der Waals surface area (Å²) in [5.41, 5.74) is 0.385. The number of amides is 3. The number of anilines is 1. The van der Waals surface area contributed by atoms with Crippen molar-refractivity contribution in [3.63, 3.8) is 0 Å². The first kappa shape index (κ1) is 20.9. The maximum atomic E-state index is 13.3. The molecular weight excluding hydrogens is 451 g/mol. The molecule has 0 fully saturated rings. The van der Waals surface area contributed by atoms with Crippen LogP contribution in [0, 0.1) is 5.82 Å². The molecule has 2 N–H and O–H groups in total. The highest BCUT2D eigenvalue weighted by Crippen LogP contribution is 2.36. The molecule has 0 radical (unpaired) electrons. The average molecular weight is 465 g/mol. The van der Waals surface area contributed by atoms with E-state index in [1.165, 1.54) is 18.2 Å². The number of halogens is 2. The van der Waals surface area contributed by atoms with Gasteiger partial charge in [0.05, 0.1) is 5.02 Å². The summed E-state index contributed by atoms with van der Waals surface area (Å²) in [6.07, 6.45) is 0. The van der Waals surface area contributed by atoms with E-state index in [-0.39, 0.29) is 9.90 Å². The van der Waals surface area contributed by atoms with E-state index in [1.54, 1.807) is 18.2 Å². The van der Waals surface area contributed by atoms with Crippen molar-refractivity contribution in [1.29, 1.82) is 0 Å². The Morgan fingerprint density at radius 1 is 1.10 bits per heavy atom. The maximum absolute atomic E-state index is 13.3. The number of esters is 1. The van der Waals surface area contributed by atoms with Crippen molar-refractivity contribution in [3.05, 3.63) is 52.1 Å². The highest BCUT2D eigenvalue weighted by molar-refractivity contribution is 7.21. The maximum Gasteiger partial charge on any atom is 0.350 e. The number of benzene rings is 2. The van der Waals surface area contributed by atoms with Crippen LogP contribution in [0.1, 0.15) is 9.67 Å². The lowest BCUT2D eigenvalue weighted by atomic mass is 10.2. The van der Waals surface area contributed by atoms with Crippen LogP contribution in [0.2, 0.25) is 5.02 Å². The smallest absolute Gasteiger partial charge is 0.350 e. The summed E-state index contributed by atoms with van der Waals surface area (Å²) in [5.74, 6) is -1.12. The van der Waals surface area contributed by atoms with Crippen LogP contribution in [-0.2, 0) is 9.53 Å². The van der Waals surface area contributed by atoms with Crippen LogP contribution in [0.3, 0.4) is 0 Å².